The second-order valence-corrected chi connectivity index (χ2v) is 11.3. The summed E-state index contributed by atoms with van der Waals surface area (Å²) in [4.78, 5) is 11.3. The average Bonchev–Trinajstić information content (AvgIpc) is 3.30. The molecule has 0 heterocycles. The number of carbonyl (C=O) groups excluding carboxylic acids is 1. The Morgan fingerprint density at radius 1 is 1.06 bits per heavy atom. The van der Waals surface area contributed by atoms with Gasteiger partial charge in [0, 0.05) is 11.5 Å². The van der Waals surface area contributed by atoms with Crippen LogP contribution in [0, 0.1) is 17.8 Å². The van der Waals surface area contributed by atoms with E-state index in [1.54, 1.807) is 4.72 Å². The van der Waals surface area contributed by atoms with Crippen LogP contribution in [0.5, 0.6) is 5.75 Å². The van der Waals surface area contributed by atoms with Crippen LogP contribution < -0.4 is 14.6 Å². The number of halogens is 3. The normalized spacial score (nSPS) is 14.7. The zero-order valence-electron chi connectivity index (χ0n) is 18.8. The van der Waals surface area contributed by atoms with Gasteiger partial charge in [0.1, 0.15) is 15.5 Å². The number of nitrogens with two attached hydrogens (primary N) is 1. The molecule has 0 spiro atoms. The van der Waals surface area contributed by atoms with Gasteiger partial charge in [0.15, 0.2) is 0 Å². The lowest BCUT2D eigenvalue weighted by atomic mass is 10.1. The molecule has 1 aliphatic rings. The maximum absolute atomic E-state index is 12.7. The Bertz CT molecular complexity index is 1410. The van der Waals surface area contributed by atoms with E-state index in [9.17, 15) is 34.8 Å². The van der Waals surface area contributed by atoms with E-state index >= 15 is 0 Å². The van der Waals surface area contributed by atoms with Gasteiger partial charge < -0.3 is 4.74 Å². The van der Waals surface area contributed by atoms with Crippen molar-refractivity contribution in [2.24, 2.45) is 11.1 Å². The summed E-state index contributed by atoms with van der Waals surface area (Å²) < 4.78 is 93.8. The van der Waals surface area contributed by atoms with E-state index in [2.05, 4.69) is 11.8 Å². The smallest absolute Gasteiger partial charge is 0.392 e. The molecule has 36 heavy (non-hydrogen) atoms. The Kier molecular flexibility index (Phi) is 8.33. The third kappa shape index (κ3) is 7.46. The third-order valence-corrected chi connectivity index (χ3v) is 7.81. The summed E-state index contributed by atoms with van der Waals surface area (Å²) in [6.45, 7) is -0.729. The van der Waals surface area contributed by atoms with Gasteiger partial charge in [-0.3, -0.25) is 4.79 Å². The summed E-state index contributed by atoms with van der Waals surface area (Å²) in [7, 11) is -9.10. The quantitative estimate of drug-likeness (QED) is 0.514. The maximum atomic E-state index is 12.7. The lowest BCUT2D eigenvalue weighted by Crippen LogP contribution is -2.32. The molecular formula is C23H23F3N2O6S2. The van der Waals surface area contributed by atoms with E-state index in [0.29, 0.717) is 0 Å². The number of carbonyl (C=O) groups is 1. The van der Waals surface area contributed by atoms with E-state index in [-0.39, 0.29) is 22.8 Å². The van der Waals surface area contributed by atoms with Crippen molar-refractivity contribution in [2.45, 2.75) is 48.1 Å². The summed E-state index contributed by atoms with van der Waals surface area (Å²) in [5.41, 5.74) is 0.00291. The molecule has 3 rings (SSSR count). The Balaban J connectivity index is 1.89. The topological polar surface area (TPSA) is 133 Å². The van der Waals surface area contributed by atoms with Crippen molar-refractivity contribution in [2.75, 3.05) is 6.61 Å². The van der Waals surface area contributed by atoms with E-state index in [4.69, 9.17) is 9.88 Å². The molecule has 1 amide bonds. The Morgan fingerprint density at radius 3 is 2.31 bits per heavy atom. The van der Waals surface area contributed by atoms with Gasteiger partial charge in [-0.25, -0.2) is 26.7 Å². The van der Waals surface area contributed by atoms with E-state index in [1.165, 1.54) is 24.3 Å². The predicted molar refractivity (Wildman–Crippen MR) is 124 cm³/mol. The summed E-state index contributed by atoms with van der Waals surface area (Å²) in [5, 5.41) is 5.07. The van der Waals surface area contributed by atoms with Crippen LogP contribution in [0.2, 0.25) is 0 Å². The van der Waals surface area contributed by atoms with Crippen molar-refractivity contribution >= 4 is 26.0 Å². The van der Waals surface area contributed by atoms with Crippen molar-refractivity contribution in [3.63, 3.8) is 0 Å². The highest BCUT2D eigenvalue weighted by molar-refractivity contribution is 7.92. The molecule has 1 saturated carbocycles. The van der Waals surface area contributed by atoms with Gasteiger partial charge in [-0.1, -0.05) is 36.8 Å². The fraction of sp³-hybridized carbons (Fsp3) is 0.348. The van der Waals surface area contributed by atoms with Crippen LogP contribution in [0.15, 0.2) is 52.3 Å². The molecule has 2 aromatic carbocycles. The average molecular weight is 545 g/mol. The summed E-state index contributed by atoms with van der Waals surface area (Å²) in [6, 6.07) is 8.12. The SMILES string of the molecule is NS(=O)(=O)c1ccccc1S(=O)(=O)NC(=O)c1ccc(C#CC2CCCC2)c(OCCC(F)(F)F)c1. The van der Waals surface area contributed by atoms with Crippen LogP contribution in [0.4, 0.5) is 13.2 Å². The van der Waals surface area contributed by atoms with Crippen LogP contribution in [0.25, 0.3) is 0 Å². The minimum Gasteiger partial charge on any atom is -0.492 e. The number of rotatable bonds is 7. The summed E-state index contributed by atoms with van der Waals surface area (Å²) in [6.07, 6.45) is -1.80. The third-order valence-electron chi connectivity index (χ3n) is 5.33. The number of primary sulfonamides is 1. The molecule has 0 unspecified atom stereocenters. The van der Waals surface area contributed by atoms with Gasteiger partial charge in [-0.05, 0) is 43.2 Å². The van der Waals surface area contributed by atoms with E-state index < -0.39 is 54.9 Å². The second kappa shape index (κ2) is 10.9. The first kappa shape index (κ1) is 27.5. The van der Waals surface area contributed by atoms with Crippen molar-refractivity contribution < 1.29 is 39.5 Å². The number of hydrogen-bond donors (Lipinski definition) is 2. The fourth-order valence-electron chi connectivity index (χ4n) is 3.56. The lowest BCUT2D eigenvalue weighted by molar-refractivity contribution is -0.139. The molecule has 8 nitrogen and oxygen atoms in total. The first-order valence-electron chi connectivity index (χ1n) is 10.8. The zero-order valence-corrected chi connectivity index (χ0v) is 20.5. The second-order valence-electron chi connectivity index (χ2n) is 8.10. The van der Waals surface area contributed by atoms with Crippen LogP contribution in [0.1, 0.15) is 48.0 Å². The lowest BCUT2D eigenvalue weighted by Gasteiger charge is -2.13. The molecule has 0 saturated heterocycles. The van der Waals surface area contributed by atoms with Crippen molar-refractivity contribution in [1.82, 2.24) is 4.72 Å². The van der Waals surface area contributed by atoms with Crippen LogP contribution in [0.3, 0.4) is 0 Å². The molecule has 3 N–H and O–H groups in total. The van der Waals surface area contributed by atoms with E-state index in [1.807, 2.05) is 0 Å². The molecule has 0 bridgehead atoms. The number of sulfonamides is 2. The largest absolute Gasteiger partial charge is 0.492 e. The van der Waals surface area contributed by atoms with Crippen molar-refractivity contribution in [3.05, 3.63) is 53.6 Å². The molecule has 194 valence electrons. The van der Waals surface area contributed by atoms with Gasteiger partial charge in [0.25, 0.3) is 15.9 Å². The predicted octanol–water partition coefficient (Wildman–Crippen LogP) is 3.33. The highest BCUT2D eigenvalue weighted by atomic mass is 32.2. The van der Waals surface area contributed by atoms with Crippen LogP contribution in [-0.2, 0) is 20.0 Å². The molecule has 0 atom stereocenters. The Morgan fingerprint density at radius 2 is 1.69 bits per heavy atom. The number of benzene rings is 2. The number of amides is 1. The monoisotopic (exact) mass is 544 g/mol. The molecule has 13 heteroatoms. The van der Waals surface area contributed by atoms with Crippen molar-refractivity contribution in [1.29, 1.82) is 0 Å². The molecule has 0 aliphatic heterocycles. The molecule has 1 fully saturated rings. The molecular weight excluding hydrogens is 521 g/mol. The number of hydrogen-bond acceptors (Lipinski definition) is 6. The maximum Gasteiger partial charge on any atom is 0.392 e. The van der Waals surface area contributed by atoms with E-state index in [0.717, 1.165) is 43.9 Å². The number of alkyl halides is 3. The minimum absolute atomic E-state index is 0.111. The number of nitrogens with one attached hydrogen (secondary N) is 1. The first-order valence-corrected chi connectivity index (χ1v) is 13.8. The van der Waals surface area contributed by atoms with Crippen molar-refractivity contribution in [3.8, 4) is 17.6 Å². The molecule has 1 aliphatic carbocycles. The van der Waals surface area contributed by atoms with Gasteiger partial charge in [-0.15, -0.1) is 0 Å². The van der Waals surface area contributed by atoms with Gasteiger partial charge >= 0.3 is 6.18 Å². The highest BCUT2D eigenvalue weighted by Gasteiger charge is 2.28. The molecule has 0 radical (unpaired) electrons. The standard InChI is InChI=1S/C23H23F3N2O6S2/c24-23(25,26)13-14-34-19-15-18(12-11-17(19)10-9-16-5-1-2-6-16)22(29)28-36(32,33)21-8-4-3-7-20(21)35(27,30)31/h3-4,7-8,11-12,15-16H,1-2,5-6,13-14H2,(H,28,29)(H2,27,30,31). The van der Waals surface area contributed by atoms with Gasteiger partial charge in [0.2, 0.25) is 10.0 Å². The van der Waals surface area contributed by atoms with Crippen LogP contribution in [-0.4, -0.2) is 35.5 Å². The minimum atomic E-state index is -4.68. The zero-order chi connectivity index (χ0) is 26.6. The van der Waals surface area contributed by atoms with Gasteiger partial charge in [-0.2, -0.15) is 13.2 Å². The fourth-order valence-corrected chi connectivity index (χ4v) is 5.91. The highest BCUT2D eigenvalue weighted by Crippen LogP contribution is 2.27. The molecule has 2 aromatic rings. The Hall–Kier alpha value is -3.08. The summed E-state index contributed by atoms with van der Waals surface area (Å²) >= 11 is 0. The van der Waals surface area contributed by atoms with Gasteiger partial charge in [0.05, 0.1) is 18.6 Å². The Labute approximate surface area is 207 Å². The van der Waals surface area contributed by atoms with Crippen LogP contribution >= 0.6 is 0 Å². The number of ether oxygens (including phenoxy) is 1. The first-order chi connectivity index (χ1) is 16.8. The molecule has 0 aromatic heterocycles. The summed E-state index contributed by atoms with van der Waals surface area (Å²) in [5.74, 6) is 4.82.